The van der Waals surface area contributed by atoms with Crippen LogP contribution in [0.5, 0.6) is 5.75 Å². The van der Waals surface area contributed by atoms with E-state index in [1.54, 1.807) is 0 Å². The van der Waals surface area contributed by atoms with E-state index < -0.39 is 12.2 Å². The molecule has 1 aromatic carbocycles. The second kappa shape index (κ2) is 6.17. The molecule has 0 bridgehead atoms. The molecule has 0 saturated carbocycles. The number of nitrogens with zero attached hydrogens (tertiary/aromatic N) is 2. The minimum absolute atomic E-state index is 0.0277. The van der Waals surface area contributed by atoms with Crippen molar-refractivity contribution >= 4 is 5.65 Å². The lowest BCUT2D eigenvalue weighted by atomic mass is 10.0. The van der Waals surface area contributed by atoms with Gasteiger partial charge in [-0.3, -0.25) is 4.40 Å². The van der Waals surface area contributed by atoms with Gasteiger partial charge in [0.15, 0.2) is 17.5 Å². The summed E-state index contributed by atoms with van der Waals surface area (Å²) in [7, 11) is 0. The summed E-state index contributed by atoms with van der Waals surface area (Å²) in [6.07, 6.45) is 1.59. The van der Waals surface area contributed by atoms with Gasteiger partial charge < -0.3 is 14.9 Å². The van der Waals surface area contributed by atoms with Gasteiger partial charge in [-0.25, -0.2) is 4.98 Å². The summed E-state index contributed by atoms with van der Waals surface area (Å²) in [5.41, 5.74) is 4.46. The largest absolute Gasteiger partial charge is 0.479 e. The summed E-state index contributed by atoms with van der Waals surface area (Å²) >= 11 is 0. The lowest BCUT2D eigenvalue weighted by Crippen LogP contribution is -2.21. The second-order valence-electron chi connectivity index (χ2n) is 6.53. The predicted octanol–water partition coefficient (Wildman–Crippen LogP) is 2.99. The highest BCUT2D eigenvalue weighted by molar-refractivity contribution is 5.57. The van der Waals surface area contributed by atoms with Crippen molar-refractivity contribution in [2.45, 2.75) is 45.0 Å². The first-order chi connectivity index (χ1) is 12.2. The Morgan fingerprint density at radius 3 is 2.64 bits per heavy atom. The molecule has 2 aromatic heterocycles. The van der Waals surface area contributed by atoms with Crippen molar-refractivity contribution in [1.29, 1.82) is 0 Å². The van der Waals surface area contributed by atoms with E-state index in [1.165, 1.54) is 0 Å². The van der Waals surface area contributed by atoms with Gasteiger partial charge in [0.05, 0.1) is 18.0 Å². The van der Waals surface area contributed by atoms with Crippen LogP contribution in [-0.4, -0.2) is 25.7 Å². The average Bonchev–Trinajstić information content (AvgIpc) is 3.13. The average molecular weight is 338 g/mol. The van der Waals surface area contributed by atoms with E-state index in [0.717, 1.165) is 28.9 Å². The molecule has 3 unspecified atom stereocenters. The number of aromatic nitrogens is 2. The summed E-state index contributed by atoms with van der Waals surface area (Å²) in [5, 5.41) is 20.3. The molecule has 0 aliphatic heterocycles. The molecule has 2 N–H and O–H groups in total. The van der Waals surface area contributed by atoms with E-state index in [-0.39, 0.29) is 12.5 Å². The number of benzene rings is 1. The van der Waals surface area contributed by atoms with E-state index in [4.69, 9.17) is 4.74 Å². The fourth-order valence-electron chi connectivity index (χ4n) is 3.77. The van der Waals surface area contributed by atoms with Crippen LogP contribution >= 0.6 is 0 Å². The van der Waals surface area contributed by atoms with Gasteiger partial charge in [0.25, 0.3) is 0 Å². The van der Waals surface area contributed by atoms with Crippen LogP contribution in [0.2, 0.25) is 0 Å². The lowest BCUT2D eigenvalue weighted by molar-refractivity contribution is 0.0368. The van der Waals surface area contributed by atoms with Crippen molar-refractivity contribution in [3.63, 3.8) is 0 Å². The highest BCUT2D eigenvalue weighted by Crippen LogP contribution is 2.43. The second-order valence-corrected chi connectivity index (χ2v) is 6.53. The summed E-state index contributed by atoms with van der Waals surface area (Å²) in [6.45, 7) is 3.96. The van der Waals surface area contributed by atoms with Crippen LogP contribution in [0.15, 0.2) is 42.6 Å². The molecule has 0 amide bonds. The lowest BCUT2D eigenvalue weighted by Gasteiger charge is -2.20. The van der Waals surface area contributed by atoms with Crippen LogP contribution < -0.4 is 4.74 Å². The normalized spacial score (nSPS) is 22.3. The smallest absolute Gasteiger partial charge is 0.180 e. The Labute approximate surface area is 146 Å². The number of aliphatic hydroxyl groups excluding tert-OH is 2. The molecule has 5 heteroatoms. The number of rotatable bonds is 4. The van der Waals surface area contributed by atoms with Gasteiger partial charge in [-0.05, 0) is 29.7 Å². The van der Waals surface area contributed by atoms with Crippen LogP contribution in [-0.2, 0) is 13.0 Å². The van der Waals surface area contributed by atoms with Crippen LogP contribution in [0.25, 0.3) is 5.65 Å². The molecule has 5 nitrogen and oxygen atoms in total. The summed E-state index contributed by atoms with van der Waals surface area (Å²) in [6, 6.07) is 11.7. The molecule has 0 spiro atoms. The Hall–Kier alpha value is -2.37. The van der Waals surface area contributed by atoms with Crippen molar-refractivity contribution in [3.8, 4) is 5.75 Å². The third kappa shape index (κ3) is 2.42. The Bertz CT molecular complexity index is 918. The number of aryl methyl sites for hydroxylation is 1. The zero-order chi connectivity index (χ0) is 17.6. The molecule has 2 heterocycles. The first-order valence-corrected chi connectivity index (χ1v) is 8.69. The Morgan fingerprint density at radius 2 is 1.92 bits per heavy atom. The maximum Gasteiger partial charge on any atom is 0.180 e. The quantitative estimate of drug-likeness (QED) is 0.767. The molecular weight excluding hydrogens is 316 g/mol. The molecule has 0 saturated heterocycles. The third-order valence-electron chi connectivity index (χ3n) is 5.15. The third-order valence-corrected chi connectivity index (χ3v) is 5.15. The number of hydrogen-bond donors (Lipinski definition) is 2. The van der Waals surface area contributed by atoms with Crippen molar-refractivity contribution in [2.75, 3.05) is 0 Å². The molecule has 4 rings (SSSR count). The molecular formula is C20H22N2O3. The maximum atomic E-state index is 10.7. The van der Waals surface area contributed by atoms with Gasteiger partial charge in [-0.2, -0.15) is 0 Å². The molecule has 1 aliphatic rings. The first kappa shape index (κ1) is 16.1. The highest BCUT2D eigenvalue weighted by Gasteiger charge is 2.38. The SMILES string of the molecule is CCc1nc2c(OC3c4ccccc4C(C)C3O)cccn2c1CO. The van der Waals surface area contributed by atoms with E-state index in [9.17, 15) is 10.2 Å². The number of aliphatic hydroxyl groups is 2. The Kier molecular flexibility index (Phi) is 3.98. The highest BCUT2D eigenvalue weighted by atomic mass is 16.5. The maximum absolute atomic E-state index is 10.7. The predicted molar refractivity (Wildman–Crippen MR) is 94.7 cm³/mol. The minimum atomic E-state index is -0.601. The van der Waals surface area contributed by atoms with Crippen molar-refractivity contribution < 1.29 is 14.9 Å². The number of ether oxygens (including phenoxy) is 1. The summed E-state index contributed by atoms with van der Waals surface area (Å²) in [5.74, 6) is 0.643. The zero-order valence-corrected chi connectivity index (χ0v) is 14.4. The summed E-state index contributed by atoms with van der Waals surface area (Å²) in [4.78, 5) is 4.64. The first-order valence-electron chi connectivity index (χ1n) is 8.69. The standard InChI is InChI=1S/C20H22N2O3/c1-3-15-16(11-23)22-10-6-9-17(20(22)21-15)25-19-14-8-5-4-7-13(14)12(2)18(19)24/h4-10,12,18-19,23-24H,3,11H2,1-2H3. The molecule has 0 radical (unpaired) electrons. The van der Waals surface area contributed by atoms with Crippen LogP contribution in [0, 0.1) is 0 Å². The van der Waals surface area contributed by atoms with E-state index in [2.05, 4.69) is 4.98 Å². The van der Waals surface area contributed by atoms with Gasteiger partial charge in [-0.15, -0.1) is 0 Å². The van der Waals surface area contributed by atoms with E-state index in [1.807, 2.05) is 60.8 Å². The number of fused-ring (bicyclic) bond motifs is 2. The van der Waals surface area contributed by atoms with Gasteiger partial charge in [0, 0.05) is 12.1 Å². The fraction of sp³-hybridized carbons (Fsp3) is 0.350. The van der Waals surface area contributed by atoms with Crippen LogP contribution in [0.4, 0.5) is 0 Å². The van der Waals surface area contributed by atoms with Crippen molar-refractivity contribution in [1.82, 2.24) is 9.38 Å². The van der Waals surface area contributed by atoms with E-state index >= 15 is 0 Å². The molecule has 130 valence electrons. The Balaban J connectivity index is 1.78. The molecule has 25 heavy (non-hydrogen) atoms. The van der Waals surface area contributed by atoms with Crippen molar-refractivity contribution in [2.24, 2.45) is 0 Å². The van der Waals surface area contributed by atoms with Gasteiger partial charge in [-0.1, -0.05) is 38.1 Å². The van der Waals surface area contributed by atoms with E-state index in [0.29, 0.717) is 11.4 Å². The monoisotopic (exact) mass is 338 g/mol. The zero-order valence-electron chi connectivity index (χ0n) is 14.4. The Morgan fingerprint density at radius 1 is 1.16 bits per heavy atom. The van der Waals surface area contributed by atoms with Gasteiger partial charge in [0.1, 0.15) is 6.10 Å². The molecule has 0 fully saturated rings. The minimum Gasteiger partial charge on any atom is -0.479 e. The number of pyridine rings is 1. The fourth-order valence-corrected chi connectivity index (χ4v) is 3.77. The van der Waals surface area contributed by atoms with Crippen LogP contribution in [0.1, 0.15) is 48.4 Å². The molecule has 3 aromatic rings. The van der Waals surface area contributed by atoms with Crippen LogP contribution in [0.3, 0.4) is 0 Å². The van der Waals surface area contributed by atoms with Gasteiger partial charge in [0.2, 0.25) is 0 Å². The van der Waals surface area contributed by atoms with Gasteiger partial charge >= 0.3 is 0 Å². The summed E-state index contributed by atoms with van der Waals surface area (Å²) < 4.78 is 8.11. The molecule has 3 atom stereocenters. The number of imidazole rings is 1. The number of hydrogen-bond acceptors (Lipinski definition) is 4. The topological polar surface area (TPSA) is 67.0 Å². The molecule has 1 aliphatic carbocycles. The van der Waals surface area contributed by atoms with Crippen molar-refractivity contribution in [3.05, 3.63) is 65.1 Å².